The average molecular weight is 238 g/mol. The van der Waals surface area contributed by atoms with Gasteiger partial charge < -0.3 is 10.6 Å². The minimum atomic E-state index is 0.177. The first-order chi connectivity index (χ1) is 7.86. The Bertz CT molecular complexity index is 318. The van der Waals surface area contributed by atoms with E-state index in [9.17, 15) is 4.79 Å². The zero-order chi connectivity index (χ0) is 11.2. The lowest BCUT2D eigenvalue weighted by atomic mass is 9.99. The first-order valence-corrected chi connectivity index (χ1v) is 6.80. The Labute approximate surface area is 100 Å². The van der Waals surface area contributed by atoms with Gasteiger partial charge in [-0.05, 0) is 48.2 Å². The Balaban J connectivity index is 1.67. The number of rotatable bonds is 4. The highest BCUT2D eigenvalue weighted by atomic mass is 32.1. The second kappa shape index (κ2) is 6.01. The fraction of sp³-hybridized carbons (Fsp3) is 0.583. The molecule has 0 aromatic carbocycles. The molecule has 4 heteroatoms. The average Bonchev–Trinajstić information content (AvgIpc) is 2.83. The summed E-state index contributed by atoms with van der Waals surface area (Å²) in [5.74, 6) is 0.388. The first kappa shape index (κ1) is 11.6. The molecule has 1 aromatic heterocycles. The third-order valence-corrected chi connectivity index (χ3v) is 3.69. The van der Waals surface area contributed by atoms with Gasteiger partial charge in [-0.2, -0.15) is 11.3 Å². The molecule has 0 unspecified atom stereocenters. The summed E-state index contributed by atoms with van der Waals surface area (Å²) in [5.41, 5.74) is 1.31. The molecule has 1 aliphatic heterocycles. The maximum Gasteiger partial charge on any atom is 0.224 e. The van der Waals surface area contributed by atoms with Crippen LogP contribution in [-0.4, -0.2) is 25.5 Å². The van der Waals surface area contributed by atoms with Crippen LogP contribution in [0.15, 0.2) is 16.8 Å². The van der Waals surface area contributed by atoms with E-state index in [2.05, 4.69) is 27.5 Å². The quantitative estimate of drug-likeness (QED) is 0.832. The van der Waals surface area contributed by atoms with Crippen molar-refractivity contribution in [3.63, 3.8) is 0 Å². The first-order valence-electron chi connectivity index (χ1n) is 5.86. The lowest BCUT2D eigenvalue weighted by molar-refractivity contribution is -0.125. The number of amides is 1. The van der Waals surface area contributed by atoms with Gasteiger partial charge in [0.15, 0.2) is 0 Å². The Morgan fingerprint density at radius 1 is 1.62 bits per heavy atom. The molecule has 88 valence electrons. The predicted octanol–water partition coefficient (Wildman–Crippen LogP) is 1.41. The molecule has 1 aromatic rings. The van der Waals surface area contributed by atoms with Crippen LogP contribution in [0.5, 0.6) is 0 Å². The van der Waals surface area contributed by atoms with E-state index in [0.717, 1.165) is 38.9 Å². The molecule has 0 spiro atoms. The van der Waals surface area contributed by atoms with Crippen LogP contribution in [0.4, 0.5) is 0 Å². The van der Waals surface area contributed by atoms with Crippen molar-refractivity contribution in [2.24, 2.45) is 5.92 Å². The van der Waals surface area contributed by atoms with Gasteiger partial charge in [-0.1, -0.05) is 0 Å². The van der Waals surface area contributed by atoms with Crippen molar-refractivity contribution in [3.8, 4) is 0 Å². The predicted molar refractivity (Wildman–Crippen MR) is 66.6 cm³/mol. The molecule has 0 aliphatic carbocycles. The molecule has 2 N–H and O–H groups in total. The fourth-order valence-corrected chi connectivity index (χ4v) is 2.69. The maximum absolute atomic E-state index is 11.8. The summed E-state index contributed by atoms with van der Waals surface area (Å²) in [6, 6.07) is 2.11. The molecule has 2 heterocycles. The molecule has 2 rings (SSSR count). The number of nitrogens with one attached hydrogen (secondary N) is 2. The van der Waals surface area contributed by atoms with Crippen LogP contribution in [0, 0.1) is 5.92 Å². The van der Waals surface area contributed by atoms with E-state index in [1.165, 1.54) is 5.56 Å². The van der Waals surface area contributed by atoms with Gasteiger partial charge in [0, 0.05) is 13.1 Å². The Morgan fingerprint density at radius 2 is 2.56 bits per heavy atom. The summed E-state index contributed by atoms with van der Waals surface area (Å²) in [6.07, 6.45) is 3.08. The Morgan fingerprint density at radius 3 is 3.25 bits per heavy atom. The van der Waals surface area contributed by atoms with Gasteiger partial charge >= 0.3 is 0 Å². The van der Waals surface area contributed by atoms with Gasteiger partial charge in [0.1, 0.15) is 0 Å². The molecule has 1 saturated heterocycles. The van der Waals surface area contributed by atoms with E-state index < -0.39 is 0 Å². The van der Waals surface area contributed by atoms with Gasteiger partial charge in [-0.25, -0.2) is 0 Å². The summed E-state index contributed by atoms with van der Waals surface area (Å²) >= 11 is 1.70. The van der Waals surface area contributed by atoms with Crippen LogP contribution in [-0.2, 0) is 11.2 Å². The second-order valence-corrected chi connectivity index (χ2v) is 5.00. The van der Waals surface area contributed by atoms with Crippen molar-refractivity contribution in [2.45, 2.75) is 19.3 Å². The summed E-state index contributed by atoms with van der Waals surface area (Å²) in [5, 5.41) is 10.5. The van der Waals surface area contributed by atoms with Gasteiger partial charge in [0.25, 0.3) is 0 Å². The number of piperidine rings is 1. The van der Waals surface area contributed by atoms with E-state index in [4.69, 9.17) is 0 Å². The molecular weight excluding hydrogens is 220 g/mol. The van der Waals surface area contributed by atoms with E-state index in [1.54, 1.807) is 11.3 Å². The van der Waals surface area contributed by atoms with Crippen molar-refractivity contribution in [1.82, 2.24) is 10.6 Å². The van der Waals surface area contributed by atoms with Crippen LogP contribution in [0.2, 0.25) is 0 Å². The third-order valence-electron chi connectivity index (χ3n) is 2.96. The van der Waals surface area contributed by atoms with Crippen molar-refractivity contribution in [1.29, 1.82) is 0 Å². The number of carbonyl (C=O) groups excluding carboxylic acids is 1. The standard InChI is InChI=1S/C12H18N2OS/c15-12(11-2-1-5-13-8-11)14-6-3-10-4-7-16-9-10/h4,7,9,11,13H,1-3,5-6,8H2,(H,14,15)/t11-/m0/s1. The topological polar surface area (TPSA) is 41.1 Å². The zero-order valence-corrected chi connectivity index (χ0v) is 10.2. The summed E-state index contributed by atoms with van der Waals surface area (Å²) in [6.45, 7) is 2.65. The monoisotopic (exact) mass is 238 g/mol. The molecule has 1 atom stereocenters. The van der Waals surface area contributed by atoms with Crippen LogP contribution in [0.1, 0.15) is 18.4 Å². The highest BCUT2D eigenvalue weighted by Gasteiger charge is 2.19. The maximum atomic E-state index is 11.8. The lowest BCUT2D eigenvalue weighted by Gasteiger charge is -2.21. The number of thiophene rings is 1. The van der Waals surface area contributed by atoms with Crippen LogP contribution >= 0.6 is 11.3 Å². The van der Waals surface area contributed by atoms with Gasteiger partial charge in [0.05, 0.1) is 5.92 Å². The van der Waals surface area contributed by atoms with E-state index in [1.807, 2.05) is 0 Å². The minimum Gasteiger partial charge on any atom is -0.355 e. The highest BCUT2D eigenvalue weighted by Crippen LogP contribution is 2.10. The number of hydrogen-bond acceptors (Lipinski definition) is 3. The number of carbonyl (C=O) groups is 1. The molecule has 1 aliphatic rings. The molecule has 1 fully saturated rings. The molecule has 16 heavy (non-hydrogen) atoms. The van der Waals surface area contributed by atoms with E-state index in [-0.39, 0.29) is 11.8 Å². The fourth-order valence-electron chi connectivity index (χ4n) is 1.98. The van der Waals surface area contributed by atoms with Crippen molar-refractivity contribution in [2.75, 3.05) is 19.6 Å². The Hall–Kier alpha value is -0.870. The molecule has 0 bridgehead atoms. The molecule has 0 saturated carbocycles. The molecular formula is C12H18N2OS. The van der Waals surface area contributed by atoms with Crippen molar-refractivity contribution in [3.05, 3.63) is 22.4 Å². The van der Waals surface area contributed by atoms with Crippen molar-refractivity contribution < 1.29 is 4.79 Å². The van der Waals surface area contributed by atoms with E-state index >= 15 is 0 Å². The third kappa shape index (κ3) is 3.32. The molecule has 0 radical (unpaired) electrons. The second-order valence-electron chi connectivity index (χ2n) is 4.22. The molecule has 3 nitrogen and oxygen atoms in total. The van der Waals surface area contributed by atoms with Gasteiger partial charge in [-0.15, -0.1) is 0 Å². The smallest absolute Gasteiger partial charge is 0.224 e. The highest BCUT2D eigenvalue weighted by molar-refractivity contribution is 7.07. The summed E-state index contributed by atoms with van der Waals surface area (Å²) < 4.78 is 0. The van der Waals surface area contributed by atoms with E-state index in [0.29, 0.717) is 0 Å². The van der Waals surface area contributed by atoms with Crippen LogP contribution in [0.3, 0.4) is 0 Å². The molecule has 1 amide bonds. The lowest BCUT2D eigenvalue weighted by Crippen LogP contribution is -2.41. The summed E-state index contributed by atoms with van der Waals surface area (Å²) in [7, 11) is 0. The SMILES string of the molecule is O=C(NCCc1ccsc1)[C@H]1CCCNC1. The van der Waals surface area contributed by atoms with Crippen molar-refractivity contribution >= 4 is 17.2 Å². The number of hydrogen-bond donors (Lipinski definition) is 2. The zero-order valence-electron chi connectivity index (χ0n) is 9.37. The summed E-state index contributed by atoms with van der Waals surface area (Å²) in [4.78, 5) is 11.8. The van der Waals surface area contributed by atoms with Crippen LogP contribution < -0.4 is 10.6 Å². The van der Waals surface area contributed by atoms with Gasteiger partial charge in [0.2, 0.25) is 5.91 Å². The largest absolute Gasteiger partial charge is 0.355 e. The normalized spacial score (nSPS) is 20.6. The van der Waals surface area contributed by atoms with Gasteiger partial charge in [-0.3, -0.25) is 4.79 Å². The van der Waals surface area contributed by atoms with Crippen LogP contribution in [0.25, 0.3) is 0 Å². The minimum absolute atomic E-state index is 0.177. The Kier molecular flexibility index (Phi) is 4.36.